The minimum absolute atomic E-state index is 0.168. The summed E-state index contributed by atoms with van der Waals surface area (Å²) < 4.78 is 11.0. The molecule has 2 aliphatic carbocycles. The average molecular weight is 334 g/mol. The molecule has 6 atom stereocenters. The van der Waals surface area contributed by atoms with Crippen LogP contribution in [0.15, 0.2) is 15.3 Å². The number of hydrogen-bond donors (Lipinski definition) is 2. The molecule has 2 heterocycles. The summed E-state index contributed by atoms with van der Waals surface area (Å²) >= 11 is 0. The number of carbonyl (C=O) groups excluding carboxylic acids is 1. The highest BCUT2D eigenvalue weighted by molar-refractivity contribution is 5.81. The summed E-state index contributed by atoms with van der Waals surface area (Å²) in [5.74, 6) is -0.0520. The van der Waals surface area contributed by atoms with Crippen molar-refractivity contribution in [2.75, 3.05) is 0 Å². The van der Waals surface area contributed by atoms with Crippen LogP contribution in [0, 0.1) is 11.3 Å². The van der Waals surface area contributed by atoms with Crippen LogP contribution < -0.4 is 5.63 Å². The lowest BCUT2D eigenvalue weighted by Crippen LogP contribution is -2.63. The number of aliphatic hydroxyl groups excluding tert-OH is 2. The fraction of sp³-hybridized carbons (Fsp3) is 0.667. The number of fused-ring (bicyclic) bond motifs is 2. The van der Waals surface area contributed by atoms with E-state index in [9.17, 15) is 19.8 Å². The van der Waals surface area contributed by atoms with Gasteiger partial charge in [0.1, 0.15) is 11.9 Å². The van der Waals surface area contributed by atoms with Gasteiger partial charge in [0.2, 0.25) is 0 Å². The Labute approximate surface area is 139 Å². The zero-order chi connectivity index (χ0) is 17.4. The highest BCUT2D eigenvalue weighted by atomic mass is 16.6. The first kappa shape index (κ1) is 15.8. The number of aryl methyl sites for hydroxylation is 1. The molecule has 6 heteroatoms. The van der Waals surface area contributed by atoms with Crippen LogP contribution in [0.4, 0.5) is 0 Å². The van der Waals surface area contributed by atoms with E-state index in [0.717, 1.165) is 5.56 Å². The van der Waals surface area contributed by atoms with Gasteiger partial charge in [-0.25, -0.2) is 4.79 Å². The van der Waals surface area contributed by atoms with E-state index in [1.165, 1.54) is 6.07 Å². The SMILES string of the molecule is CCc1oc(=O)cc2c1CC1OC(=O)C3(C)CC(O)C(O)C2(C)C13. The third-order valence-corrected chi connectivity index (χ3v) is 6.50. The second-order valence-corrected chi connectivity index (χ2v) is 7.78. The van der Waals surface area contributed by atoms with Crippen molar-refractivity contribution in [3.63, 3.8) is 0 Å². The second-order valence-electron chi connectivity index (χ2n) is 7.78. The third-order valence-electron chi connectivity index (χ3n) is 6.50. The van der Waals surface area contributed by atoms with Gasteiger partial charge in [0.05, 0.1) is 17.6 Å². The van der Waals surface area contributed by atoms with Crippen LogP contribution in [-0.2, 0) is 27.8 Å². The van der Waals surface area contributed by atoms with E-state index < -0.39 is 28.7 Å². The molecule has 4 rings (SSSR count). The summed E-state index contributed by atoms with van der Waals surface area (Å²) in [7, 11) is 0. The summed E-state index contributed by atoms with van der Waals surface area (Å²) in [5.41, 5.74) is -0.752. The minimum Gasteiger partial charge on any atom is -0.461 e. The van der Waals surface area contributed by atoms with E-state index in [1.807, 2.05) is 13.8 Å². The molecule has 0 amide bonds. The molecule has 130 valence electrons. The van der Waals surface area contributed by atoms with Crippen molar-refractivity contribution in [3.05, 3.63) is 33.4 Å². The Bertz CT molecular complexity index is 782. The van der Waals surface area contributed by atoms with Gasteiger partial charge in [0, 0.05) is 30.2 Å². The van der Waals surface area contributed by atoms with E-state index in [1.54, 1.807) is 6.92 Å². The summed E-state index contributed by atoms with van der Waals surface area (Å²) in [6.07, 6.45) is -1.31. The molecule has 0 bridgehead atoms. The molecule has 2 N–H and O–H groups in total. The number of carbonyl (C=O) groups is 1. The molecule has 2 fully saturated rings. The van der Waals surface area contributed by atoms with Crippen molar-refractivity contribution in [2.45, 2.75) is 63.8 Å². The summed E-state index contributed by atoms with van der Waals surface area (Å²) in [4.78, 5) is 24.6. The average Bonchev–Trinajstić information content (AvgIpc) is 2.77. The van der Waals surface area contributed by atoms with E-state index >= 15 is 0 Å². The zero-order valence-corrected chi connectivity index (χ0v) is 14.0. The van der Waals surface area contributed by atoms with Gasteiger partial charge in [0.25, 0.3) is 0 Å². The van der Waals surface area contributed by atoms with Gasteiger partial charge >= 0.3 is 11.6 Å². The van der Waals surface area contributed by atoms with Crippen molar-refractivity contribution in [2.24, 2.45) is 11.3 Å². The van der Waals surface area contributed by atoms with Crippen LogP contribution in [0.3, 0.4) is 0 Å². The molecular formula is C18H22O6. The van der Waals surface area contributed by atoms with Crippen molar-refractivity contribution in [1.29, 1.82) is 0 Å². The van der Waals surface area contributed by atoms with E-state index in [4.69, 9.17) is 9.15 Å². The first-order chi connectivity index (χ1) is 11.2. The molecule has 1 aromatic heterocycles. The number of ether oxygens (including phenoxy) is 1. The van der Waals surface area contributed by atoms with Crippen molar-refractivity contribution >= 4 is 5.97 Å². The highest BCUT2D eigenvalue weighted by Crippen LogP contribution is 2.61. The lowest BCUT2D eigenvalue weighted by Gasteiger charge is -2.55. The maximum Gasteiger partial charge on any atom is 0.336 e. The first-order valence-corrected chi connectivity index (χ1v) is 8.47. The van der Waals surface area contributed by atoms with Gasteiger partial charge in [-0.3, -0.25) is 4.79 Å². The molecule has 0 aromatic carbocycles. The Morgan fingerprint density at radius 3 is 2.67 bits per heavy atom. The molecule has 1 aliphatic heterocycles. The first-order valence-electron chi connectivity index (χ1n) is 8.47. The lowest BCUT2D eigenvalue weighted by molar-refractivity contribution is -0.155. The topological polar surface area (TPSA) is 97.0 Å². The quantitative estimate of drug-likeness (QED) is 0.734. The van der Waals surface area contributed by atoms with E-state index in [0.29, 0.717) is 24.2 Å². The van der Waals surface area contributed by atoms with Crippen LogP contribution >= 0.6 is 0 Å². The third kappa shape index (κ3) is 1.68. The number of rotatable bonds is 1. The van der Waals surface area contributed by atoms with Crippen LogP contribution in [0.25, 0.3) is 0 Å². The predicted octanol–water partition coefficient (Wildman–Crippen LogP) is 0.689. The van der Waals surface area contributed by atoms with Crippen molar-refractivity contribution in [1.82, 2.24) is 0 Å². The maximum absolute atomic E-state index is 12.5. The summed E-state index contributed by atoms with van der Waals surface area (Å²) in [6.45, 7) is 5.52. The van der Waals surface area contributed by atoms with Crippen LogP contribution in [-0.4, -0.2) is 34.5 Å². The molecule has 1 aromatic rings. The van der Waals surface area contributed by atoms with Crippen molar-refractivity contribution < 1.29 is 24.2 Å². The fourth-order valence-electron chi connectivity index (χ4n) is 5.51. The predicted molar refractivity (Wildman–Crippen MR) is 83.5 cm³/mol. The maximum atomic E-state index is 12.5. The number of esters is 1. The molecule has 1 saturated carbocycles. The second kappa shape index (κ2) is 4.70. The summed E-state index contributed by atoms with van der Waals surface area (Å²) in [5, 5.41) is 21.3. The summed E-state index contributed by atoms with van der Waals surface area (Å²) in [6, 6.07) is 1.41. The van der Waals surface area contributed by atoms with Crippen LogP contribution in [0.5, 0.6) is 0 Å². The minimum atomic E-state index is -1.07. The largest absolute Gasteiger partial charge is 0.461 e. The number of hydrogen-bond acceptors (Lipinski definition) is 6. The Hall–Kier alpha value is -1.66. The molecule has 1 saturated heterocycles. The molecule has 6 nitrogen and oxygen atoms in total. The molecule has 0 radical (unpaired) electrons. The van der Waals surface area contributed by atoms with Gasteiger partial charge in [-0.05, 0) is 24.5 Å². The van der Waals surface area contributed by atoms with Gasteiger partial charge in [-0.2, -0.15) is 0 Å². The molecule has 6 unspecified atom stereocenters. The van der Waals surface area contributed by atoms with Crippen LogP contribution in [0.2, 0.25) is 0 Å². The van der Waals surface area contributed by atoms with Crippen molar-refractivity contribution in [3.8, 4) is 0 Å². The highest BCUT2D eigenvalue weighted by Gasteiger charge is 2.69. The Morgan fingerprint density at radius 2 is 2.00 bits per heavy atom. The van der Waals surface area contributed by atoms with E-state index in [-0.39, 0.29) is 24.4 Å². The molecule has 3 aliphatic rings. The molecule has 24 heavy (non-hydrogen) atoms. The van der Waals surface area contributed by atoms with Gasteiger partial charge in [-0.1, -0.05) is 13.8 Å². The van der Waals surface area contributed by atoms with Crippen LogP contribution in [0.1, 0.15) is 44.1 Å². The fourth-order valence-corrected chi connectivity index (χ4v) is 5.51. The Morgan fingerprint density at radius 1 is 1.29 bits per heavy atom. The van der Waals surface area contributed by atoms with Gasteiger partial charge in [0.15, 0.2) is 0 Å². The Kier molecular flexibility index (Phi) is 3.10. The van der Waals surface area contributed by atoms with Gasteiger partial charge in [-0.15, -0.1) is 0 Å². The lowest BCUT2D eigenvalue weighted by atomic mass is 9.48. The monoisotopic (exact) mass is 334 g/mol. The Balaban J connectivity index is 2.03. The standard InChI is InChI=1S/C18H22O6/c1-4-11-8-5-12-14-17(2,16(22)24-12)7-10(19)15(21)18(14,3)9(8)6-13(20)23-11/h6,10,12,14-15,19,21H,4-5,7H2,1-3H3. The van der Waals surface area contributed by atoms with E-state index in [2.05, 4.69) is 0 Å². The molecular weight excluding hydrogens is 312 g/mol. The number of aliphatic hydroxyl groups is 2. The smallest absolute Gasteiger partial charge is 0.336 e. The zero-order valence-electron chi connectivity index (χ0n) is 14.0. The normalized spacial score (nSPS) is 43.1. The molecule has 0 spiro atoms. The van der Waals surface area contributed by atoms with Gasteiger partial charge < -0.3 is 19.4 Å².